The van der Waals surface area contributed by atoms with Crippen molar-refractivity contribution in [2.45, 2.75) is 25.9 Å². The summed E-state index contributed by atoms with van der Waals surface area (Å²) in [6.45, 7) is 3.30. The van der Waals surface area contributed by atoms with E-state index in [4.69, 9.17) is 11.1 Å². The Labute approximate surface area is 101 Å². The first-order chi connectivity index (χ1) is 8.00. The van der Waals surface area contributed by atoms with Gasteiger partial charge in [0.2, 0.25) is 0 Å². The number of anilines is 1. The zero-order chi connectivity index (χ0) is 12.6. The number of hydrogen-bond acceptors (Lipinski definition) is 4. The molecule has 1 unspecified atom stereocenters. The van der Waals surface area contributed by atoms with E-state index in [2.05, 4.69) is 10.00 Å². The highest BCUT2D eigenvalue weighted by atomic mass is 16.3. The fourth-order valence-corrected chi connectivity index (χ4v) is 2.47. The number of nitrogens with one attached hydrogen (secondary N) is 1. The van der Waals surface area contributed by atoms with Gasteiger partial charge in [-0.25, -0.2) is 0 Å². The van der Waals surface area contributed by atoms with Gasteiger partial charge in [0, 0.05) is 20.1 Å². The van der Waals surface area contributed by atoms with E-state index in [0.717, 1.165) is 30.9 Å². The third kappa shape index (κ3) is 2.12. The van der Waals surface area contributed by atoms with Crippen molar-refractivity contribution in [1.82, 2.24) is 9.78 Å². The molecule has 1 atom stereocenters. The average molecular weight is 237 g/mol. The number of nitrogens with two attached hydrogens (primary N) is 1. The lowest BCUT2D eigenvalue weighted by atomic mass is 10.1. The second-order valence-corrected chi connectivity index (χ2v) is 4.56. The van der Waals surface area contributed by atoms with Gasteiger partial charge in [-0.2, -0.15) is 5.10 Å². The lowest BCUT2D eigenvalue weighted by molar-refractivity contribution is 0.153. The molecule has 6 nitrogen and oxygen atoms in total. The van der Waals surface area contributed by atoms with Crippen molar-refractivity contribution in [1.29, 1.82) is 5.41 Å². The minimum atomic E-state index is -0.307. The molecular weight excluding hydrogens is 218 g/mol. The molecule has 0 radical (unpaired) electrons. The van der Waals surface area contributed by atoms with Crippen LogP contribution in [0.1, 0.15) is 24.1 Å². The molecule has 0 bridgehead atoms. The summed E-state index contributed by atoms with van der Waals surface area (Å²) in [5.74, 6) is 0.874. The first-order valence-corrected chi connectivity index (χ1v) is 5.81. The van der Waals surface area contributed by atoms with Crippen molar-refractivity contribution < 1.29 is 5.11 Å². The van der Waals surface area contributed by atoms with E-state index in [9.17, 15) is 5.11 Å². The van der Waals surface area contributed by atoms with Gasteiger partial charge in [0.05, 0.1) is 17.4 Å². The summed E-state index contributed by atoms with van der Waals surface area (Å²) in [6.07, 6.45) is 1.48. The fourth-order valence-electron chi connectivity index (χ4n) is 2.47. The summed E-state index contributed by atoms with van der Waals surface area (Å²) in [5, 5.41) is 21.7. The van der Waals surface area contributed by atoms with Gasteiger partial charge < -0.3 is 15.7 Å². The molecule has 0 aromatic carbocycles. The number of nitrogens with zero attached hydrogens (tertiary/aromatic N) is 3. The first kappa shape index (κ1) is 11.9. The molecule has 0 aliphatic carbocycles. The van der Waals surface area contributed by atoms with E-state index in [1.54, 1.807) is 4.68 Å². The highest BCUT2D eigenvalue weighted by Gasteiger charge is 2.25. The van der Waals surface area contributed by atoms with Gasteiger partial charge in [0.1, 0.15) is 11.7 Å². The predicted molar refractivity (Wildman–Crippen MR) is 66.4 cm³/mol. The molecule has 0 amide bonds. The van der Waals surface area contributed by atoms with Crippen molar-refractivity contribution in [2.24, 2.45) is 12.8 Å². The Bertz CT molecular complexity index is 439. The second-order valence-electron chi connectivity index (χ2n) is 4.56. The molecule has 1 aromatic rings. The predicted octanol–water partition coefficient (Wildman–Crippen LogP) is -0.0263. The molecule has 6 heteroatoms. The van der Waals surface area contributed by atoms with Gasteiger partial charge in [0.25, 0.3) is 0 Å². The van der Waals surface area contributed by atoms with Crippen LogP contribution in [0.25, 0.3) is 0 Å². The van der Waals surface area contributed by atoms with Crippen LogP contribution in [0.3, 0.4) is 0 Å². The first-order valence-electron chi connectivity index (χ1n) is 5.81. The molecule has 1 aromatic heterocycles. The number of β-amino-alcohol motifs (C(OH)–C–C–N with tert-alkyl or cyclic N) is 1. The third-order valence-electron chi connectivity index (χ3n) is 3.16. The second kappa shape index (κ2) is 4.37. The summed E-state index contributed by atoms with van der Waals surface area (Å²) in [4.78, 5) is 2.06. The number of aliphatic hydroxyl groups is 1. The SMILES string of the molecule is Cc1nn(C)c(N2CCCC(O)C2)c1C(=N)N. The topological polar surface area (TPSA) is 91.2 Å². The molecule has 1 fully saturated rings. The maximum Gasteiger partial charge on any atom is 0.137 e. The smallest absolute Gasteiger partial charge is 0.137 e. The maximum atomic E-state index is 9.71. The normalized spacial score (nSPS) is 20.6. The van der Waals surface area contributed by atoms with Crippen LogP contribution in [0.2, 0.25) is 0 Å². The molecule has 4 N–H and O–H groups in total. The molecule has 1 aliphatic rings. The zero-order valence-electron chi connectivity index (χ0n) is 10.3. The van der Waals surface area contributed by atoms with Crippen molar-refractivity contribution >= 4 is 11.7 Å². The van der Waals surface area contributed by atoms with Crippen LogP contribution in [-0.2, 0) is 7.05 Å². The molecule has 94 valence electrons. The Morgan fingerprint density at radius 2 is 2.29 bits per heavy atom. The maximum absolute atomic E-state index is 9.71. The van der Waals surface area contributed by atoms with Crippen LogP contribution >= 0.6 is 0 Å². The molecule has 1 aliphatic heterocycles. The Hall–Kier alpha value is -1.56. The molecule has 17 heavy (non-hydrogen) atoms. The minimum Gasteiger partial charge on any atom is -0.391 e. The van der Waals surface area contributed by atoms with Gasteiger partial charge in [0.15, 0.2) is 0 Å². The molecule has 2 rings (SSSR count). The van der Waals surface area contributed by atoms with E-state index < -0.39 is 0 Å². The Morgan fingerprint density at radius 3 is 2.88 bits per heavy atom. The van der Waals surface area contributed by atoms with E-state index in [0.29, 0.717) is 12.1 Å². The van der Waals surface area contributed by atoms with Crippen molar-refractivity contribution in [3.8, 4) is 0 Å². The highest BCUT2D eigenvalue weighted by molar-refractivity contribution is 6.00. The average Bonchev–Trinajstić information content (AvgIpc) is 2.53. The molecule has 2 heterocycles. The van der Waals surface area contributed by atoms with E-state index in [1.165, 1.54) is 0 Å². The van der Waals surface area contributed by atoms with E-state index >= 15 is 0 Å². The number of aryl methyl sites for hydroxylation is 2. The van der Waals surface area contributed by atoms with Crippen LogP contribution in [0.4, 0.5) is 5.82 Å². The number of amidine groups is 1. The van der Waals surface area contributed by atoms with Gasteiger partial charge >= 0.3 is 0 Å². The summed E-state index contributed by atoms with van der Waals surface area (Å²) in [7, 11) is 1.84. The number of aliphatic hydroxyl groups excluding tert-OH is 1. The van der Waals surface area contributed by atoms with Crippen LogP contribution in [0.5, 0.6) is 0 Å². The van der Waals surface area contributed by atoms with Crippen LogP contribution < -0.4 is 10.6 Å². The summed E-state index contributed by atoms with van der Waals surface area (Å²) >= 11 is 0. The summed E-state index contributed by atoms with van der Waals surface area (Å²) in [6, 6.07) is 0. The van der Waals surface area contributed by atoms with Crippen molar-refractivity contribution in [3.05, 3.63) is 11.3 Å². The fraction of sp³-hybridized carbons (Fsp3) is 0.636. The monoisotopic (exact) mass is 237 g/mol. The zero-order valence-corrected chi connectivity index (χ0v) is 10.3. The molecular formula is C11H19N5O. The van der Waals surface area contributed by atoms with Crippen molar-refractivity contribution in [3.63, 3.8) is 0 Å². The van der Waals surface area contributed by atoms with Gasteiger partial charge in [-0.15, -0.1) is 0 Å². The molecule has 0 spiro atoms. The van der Waals surface area contributed by atoms with Crippen molar-refractivity contribution in [2.75, 3.05) is 18.0 Å². The number of nitrogen functional groups attached to an aromatic ring is 1. The summed E-state index contributed by atoms with van der Waals surface area (Å²) in [5.41, 5.74) is 7.05. The largest absolute Gasteiger partial charge is 0.391 e. The highest BCUT2D eigenvalue weighted by Crippen LogP contribution is 2.25. The lowest BCUT2D eigenvalue weighted by Gasteiger charge is -2.32. The van der Waals surface area contributed by atoms with Gasteiger partial charge in [-0.1, -0.05) is 0 Å². The Kier molecular flexibility index (Phi) is 3.06. The minimum absolute atomic E-state index is 0.0330. The van der Waals surface area contributed by atoms with Crippen LogP contribution in [0.15, 0.2) is 0 Å². The number of aromatic nitrogens is 2. The lowest BCUT2D eigenvalue weighted by Crippen LogP contribution is -2.40. The van der Waals surface area contributed by atoms with Crippen LogP contribution in [0, 0.1) is 12.3 Å². The molecule has 1 saturated heterocycles. The number of hydrogen-bond donors (Lipinski definition) is 3. The number of piperidine rings is 1. The molecule has 0 saturated carbocycles. The quantitative estimate of drug-likeness (QED) is 0.498. The van der Waals surface area contributed by atoms with E-state index in [1.807, 2.05) is 14.0 Å². The standard InChI is InChI=1S/C11H19N5O/c1-7-9(10(12)13)11(15(2)14-7)16-5-3-4-8(17)6-16/h8,17H,3-6H2,1-2H3,(H3,12,13). The van der Waals surface area contributed by atoms with Gasteiger partial charge in [-0.05, 0) is 19.8 Å². The Morgan fingerprint density at radius 1 is 1.59 bits per heavy atom. The summed E-state index contributed by atoms with van der Waals surface area (Å²) < 4.78 is 1.74. The Balaban J connectivity index is 2.40. The van der Waals surface area contributed by atoms with Crippen LogP contribution in [-0.4, -0.2) is 39.9 Å². The number of rotatable bonds is 2. The third-order valence-corrected chi connectivity index (χ3v) is 3.16. The van der Waals surface area contributed by atoms with E-state index in [-0.39, 0.29) is 11.9 Å². The van der Waals surface area contributed by atoms with Gasteiger partial charge in [-0.3, -0.25) is 10.1 Å².